The highest BCUT2D eigenvalue weighted by Crippen LogP contribution is 2.41. The lowest BCUT2D eigenvalue weighted by atomic mass is 10.0. The summed E-state index contributed by atoms with van der Waals surface area (Å²) in [5, 5.41) is 0. The first-order valence-corrected chi connectivity index (χ1v) is 9.17. The number of benzene rings is 2. The van der Waals surface area contributed by atoms with Crippen LogP contribution < -0.4 is 9.80 Å². The molecule has 0 spiro atoms. The molecule has 3 aliphatic rings. The Labute approximate surface area is 154 Å². The number of fused-ring (bicyclic) bond motifs is 4. The van der Waals surface area contributed by atoms with E-state index in [1.165, 1.54) is 5.57 Å². The zero-order chi connectivity index (χ0) is 18.0. The van der Waals surface area contributed by atoms with Crippen molar-refractivity contribution in [3.8, 4) is 11.1 Å². The van der Waals surface area contributed by atoms with Crippen LogP contribution in [0.5, 0.6) is 0 Å². The minimum atomic E-state index is 0.152. The third-order valence-electron chi connectivity index (χ3n) is 5.90. The second-order valence-electron chi connectivity index (χ2n) is 7.90. The van der Waals surface area contributed by atoms with E-state index in [-0.39, 0.29) is 5.78 Å². The Morgan fingerprint density at radius 1 is 0.962 bits per heavy atom. The minimum Gasteiger partial charge on any atom is -0.380 e. The fourth-order valence-electron chi connectivity index (χ4n) is 4.53. The van der Waals surface area contributed by atoms with Crippen molar-refractivity contribution in [2.45, 2.75) is 0 Å². The van der Waals surface area contributed by atoms with E-state index in [2.05, 4.69) is 53.4 Å². The van der Waals surface area contributed by atoms with E-state index in [1.54, 1.807) is 0 Å². The summed E-state index contributed by atoms with van der Waals surface area (Å²) >= 11 is 0. The molecule has 0 aromatic heterocycles. The number of carbonyl (C=O) groups excluding carboxylic acids is 1. The maximum atomic E-state index is 13.0. The molecule has 2 aliphatic heterocycles. The van der Waals surface area contributed by atoms with Crippen molar-refractivity contribution in [3.05, 3.63) is 59.3 Å². The van der Waals surface area contributed by atoms with E-state index >= 15 is 0 Å². The lowest BCUT2D eigenvalue weighted by molar-refractivity contribution is 0.104. The van der Waals surface area contributed by atoms with Crippen LogP contribution in [0.2, 0.25) is 0 Å². The van der Waals surface area contributed by atoms with Gasteiger partial charge < -0.3 is 14.7 Å². The van der Waals surface area contributed by atoms with E-state index in [4.69, 9.17) is 0 Å². The summed E-state index contributed by atoms with van der Waals surface area (Å²) in [6, 6.07) is 12.6. The summed E-state index contributed by atoms with van der Waals surface area (Å²) in [6.07, 6.45) is 2.28. The SMILES string of the molecule is CN1C=C2CN(c3ccc4c(c3)C(=O)c3cc(N(C)C)ccc3-4)CC2C1. The summed E-state index contributed by atoms with van der Waals surface area (Å²) in [4.78, 5) is 19.7. The van der Waals surface area contributed by atoms with Gasteiger partial charge in [0.2, 0.25) is 0 Å². The smallest absolute Gasteiger partial charge is 0.194 e. The molecule has 2 aromatic carbocycles. The normalized spacial score (nSPS) is 20.2. The van der Waals surface area contributed by atoms with Gasteiger partial charge in [-0.25, -0.2) is 0 Å². The zero-order valence-corrected chi connectivity index (χ0v) is 15.5. The zero-order valence-electron chi connectivity index (χ0n) is 15.5. The fourth-order valence-corrected chi connectivity index (χ4v) is 4.53. The molecule has 26 heavy (non-hydrogen) atoms. The molecule has 1 atom stereocenters. The van der Waals surface area contributed by atoms with Crippen LogP contribution in [-0.2, 0) is 0 Å². The van der Waals surface area contributed by atoms with Crippen LogP contribution in [0.3, 0.4) is 0 Å². The fraction of sp³-hybridized carbons (Fsp3) is 0.318. The first-order valence-electron chi connectivity index (χ1n) is 9.17. The summed E-state index contributed by atoms with van der Waals surface area (Å²) in [5.74, 6) is 0.780. The molecule has 0 N–H and O–H groups in total. The highest BCUT2D eigenvalue weighted by atomic mass is 16.1. The standard InChI is InChI=1S/C22H23N3O/c1-23(2)16-4-6-18-19-7-5-17(9-21(19)22(26)20(18)8-16)25-12-14-10-24(3)11-15(14)13-25/h4-10,15H,11-13H2,1-3H3. The van der Waals surface area contributed by atoms with Crippen molar-refractivity contribution in [1.29, 1.82) is 0 Å². The van der Waals surface area contributed by atoms with Crippen LogP contribution in [0.1, 0.15) is 15.9 Å². The lowest BCUT2D eigenvalue weighted by Crippen LogP contribution is -2.24. The van der Waals surface area contributed by atoms with Crippen molar-refractivity contribution >= 4 is 17.2 Å². The summed E-state index contributed by atoms with van der Waals surface area (Å²) in [6.45, 7) is 3.12. The largest absolute Gasteiger partial charge is 0.380 e. The molecule has 2 heterocycles. The quantitative estimate of drug-likeness (QED) is 0.712. The molecule has 132 valence electrons. The number of ketones is 1. The van der Waals surface area contributed by atoms with E-state index in [0.29, 0.717) is 5.92 Å². The maximum Gasteiger partial charge on any atom is 0.194 e. The Hall–Kier alpha value is -2.75. The van der Waals surface area contributed by atoms with Gasteiger partial charge >= 0.3 is 0 Å². The summed E-state index contributed by atoms with van der Waals surface area (Å²) in [7, 11) is 6.15. The van der Waals surface area contributed by atoms with Gasteiger partial charge in [-0.1, -0.05) is 12.1 Å². The Morgan fingerprint density at radius 2 is 1.69 bits per heavy atom. The number of hydrogen-bond acceptors (Lipinski definition) is 4. The van der Waals surface area contributed by atoms with Crippen LogP contribution in [0, 0.1) is 5.92 Å². The van der Waals surface area contributed by atoms with Crippen molar-refractivity contribution < 1.29 is 4.79 Å². The monoisotopic (exact) mass is 345 g/mol. The molecule has 4 nitrogen and oxygen atoms in total. The van der Waals surface area contributed by atoms with Gasteiger partial charge in [0, 0.05) is 75.4 Å². The third-order valence-corrected chi connectivity index (χ3v) is 5.90. The van der Waals surface area contributed by atoms with Crippen LogP contribution in [0.4, 0.5) is 11.4 Å². The topological polar surface area (TPSA) is 26.8 Å². The second kappa shape index (κ2) is 5.37. The molecule has 0 bridgehead atoms. The van der Waals surface area contributed by atoms with Gasteiger partial charge in [0.05, 0.1) is 0 Å². The molecular formula is C22H23N3O. The number of carbonyl (C=O) groups is 1. The molecule has 4 heteroatoms. The van der Waals surface area contributed by atoms with E-state index < -0.39 is 0 Å². The van der Waals surface area contributed by atoms with E-state index in [9.17, 15) is 4.79 Å². The van der Waals surface area contributed by atoms with Gasteiger partial charge in [-0.15, -0.1) is 0 Å². The molecule has 1 aliphatic carbocycles. The Kier molecular flexibility index (Phi) is 3.20. The Morgan fingerprint density at radius 3 is 2.42 bits per heavy atom. The molecule has 0 radical (unpaired) electrons. The van der Waals surface area contributed by atoms with Crippen molar-refractivity contribution in [2.24, 2.45) is 5.92 Å². The average molecular weight is 345 g/mol. The van der Waals surface area contributed by atoms with Gasteiger partial charge in [-0.2, -0.15) is 0 Å². The molecule has 2 aromatic rings. The minimum absolute atomic E-state index is 0.152. The van der Waals surface area contributed by atoms with Gasteiger partial charge in [0.25, 0.3) is 0 Å². The van der Waals surface area contributed by atoms with E-state index in [0.717, 1.165) is 53.3 Å². The van der Waals surface area contributed by atoms with Crippen LogP contribution in [-0.4, -0.2) is 51.5 Å². The van der Waals surface area contributed by atoms with Crippen LogP contribution in [0.15, 0.2) is 48.2 Å². The molecule has 5 rings (SSSR count). The Bertz CT molecular complexity index is 960. The summed E-state index contributed by atoms with van der Waals surface area (Å²) < 4.78 is 0. The Balaban J connectivity index is 1.49. The number of hydrogen-bond donors (Lipinski definition) is 0. The van der Waals surface area contributed by atoms with E-state index in [1.807, 2.05) is 25.1 Å². The highest BCUT2D eigenvalue weighted by Gasteiger charge is 2.33. The first-order chi connectivity index (χ1) is 12.5. The van der Waals surface area contributed by atoms with Gasteiger partial charge in [-0.05, 0) is 41.0 Å². The predicted molar refractivity (Wildman–Crippen MR) is 106 cm³/mol. The molecule has 1 fully saturated rings. The molecule has 0 saturated carbocycles. The third kappa shape index (κ3) is 2.18. The second-order valence-corrected chi connectivity index (χ2v) is 7.90. The first kappa shape index (κ1) is 15.5. The van der Waals surface area contributed by atoms with Gasteiger partial charge in [-0.3, -0.25) is 4.79 Å². The van der Waals surface area contributed by atoms with Crippen molar-refractivity contribution in [1.82, 2.24) is 4.90 Å². The maximum absolute atomic E-state index is 13.0. The lowest BCUT2D eigenvalue weighted by Gasteiger charge is -2.21. The summed E-state index contributed by atoms with van der Waals surface area (Å²) in [5.41, 5.74) is 7.53. The predicted octanol–water partition coefficient (Wildman–Crippen LogP) is 3.23. The number of anilines is 2. The van der Waals surface area contributed by atoms with Crippen LogP contribution >= 0.6 is 0 Å². The van der Waals surface area contributed by atoms with Crippen LogP contribution in [0.25, 0.3) is 11.1 Å². The van der Waals surface area contributed by atoms with Crippen molar-refractivity contribution in [2.75, 3.05) is 50.6 Å². The molecule has 0 amide bonds. The number of nitrogens with zero attached hydrogens (tertiary/aromatic N) is 3. The van der Waals surface area contributed by atoms with Crippen molar-refractivity contribution in [3.63, 3.8) is 0 Å². The molecule has 1 saturated heterocycles. The average Bonchev–Trinajstić information content (AvgIpc) is 3.25. The number of rotatable bonds is 2. The molecule has 1 unspecified atom stereocenters. The molecular weight excluding hydrogens is 322 g/mol. The highest BCUT2D eigenvalue weighted by molar-refractivity contribution is 6.22. The van der Waals surface area contributed by atoms with Gasteiger partial charge in [0.1, 0.15) is 0 Å². The van der Waals surface area contributed by atoms with Gasteiger partial charge in [0.15, 0.2) is 5.78 Å².